The Labute approximate surface area is 173 Å². The maximum atomic E-state index is 15.0. The number of benzene rings is 1. The molecule has 4 rings (SSSR count). The van der Waals surface area contributed by atoms with Crippen LogP contribution < -0.4 is 15.0 Å². The number of rotatable bonds is 4. The number of amides is 3. The van der Waals surface area contributed by atoms with Crippen LogP contribution in [0.3, 0.4) is 0 Å². The first-order valence-electron chi connectivity index (χ1n) is 10.1. The number of nitrogens with zero attached hydrogens (tertiary/aromatic N) is 2. The third-order valence-electron chi connectivity index (χ3n) is 5.69. The highest BCUT2D eigenvalue weighted by atomic mass is 19.1. The van der Waals surface area contributed by atoms with Crippen molar-refractivity contribution in [1.29, 1.82) is 0 Å². The largest absolute Gasteiger partial charge is 0.489 e. The van der Waals surface area contributed by atoms with Crippen molar-refractivity contribution in [3.8, 4) is 5.75 Å². The summed E-state index contributed by atoms with van der Waals surface area (Å²) in [5.41, 5.74) is 1.55. The fraction of sp³-hybridized carbons (Fsp3) is 0.476. The van der Waals surface area contributed by atoms with Crippen LogP contribution in [-0.4, -0.2) is 61.2 Å². The van der Waals surface area contributed by atoms with Crippen LogP contribution in [0.5, 0.6) is 5.75 Å². The highest BCUT2D eigenvalue weighted by molar-refractivity contribution is 5.94. The van der Waals surface area contributed by atoms with Gasteiger partial charge < -0.3 is 19.7 Å². The molecule has 0 bridgehead atoms. The molecule has 3 heterocycles. The molecule has 1 saturated heterocycles. The lowest BCUT2D eigenvalue weighted by Gasteiger charge is -2.32. The molecule has 1 aromatic rings. The van der Waals surface area contributed by atoms with Crippen LogP contribution >= 0.6 is 0 Å². The summed E-state index contributed by atoms with van der Waals surface area (Å²) in [6, 6.07) is 2.46. The Bertz CT molecular complexity index is 931. The summed E-state index contributed by atoms with van der Waals surface area (Å²) in [5.74, 6) is -0.199. The first-order valence-corrected chi connectivity index (χ1v) is 10.1. The Morgan fingerprint density at radius 2 is 2.13 bits per heavy atom. The predicted octanol–water partition coefficient (Wildman–Crippen LogP) is 2.07. The Hall–Kier alpha value is -3.10. The van der Waals surface area contributed by atoms with Crippen molar-refractivity contribution in [3.05, 3.63) is 29.6 Å². The molecule has 0 spiro atoms. The number of anilines is 1. The number of halogens is 1. The number of ether oxygens (including phenoxy) is 2. The van der Waals surface area contributed by atoms with E-state index in [0.29, 0.717) is 42.9 Å². The van der Waals surface area contributed by atoms with Gasteiger partial charge in [-0.1, -0.05) is 13.0 Å². The van der Waals surface area contributed by atoms with Gasteiger partial charge in [0.25, 0.3) is 0 Å². The number of cyclic esters (lactones) is 1. The molecule has 3 amide bonds. The zero-order chi connectivity index (χ0) is 21.4. The van der Waals surface area contributed by atoms with Gasteiger partial charge in [-0.2, -0.15) is 0 Å². The van der Waals surface area contributed by atoms with Gasteiger partial charge in [0, 0.05) is 38.1 Å². The van der Waals surface area contributed by atoms with E-state index >= 15 is 4.39 Å². The monoisotopic (exact) mass is 417 g/mol. The number of fused-ring (bicyclic) bond motifs is 3. The summed E-state index contributed by atoms with van der Waals surface area (Å²) in [6.45, 7) is 4.55. The molecule has 0 aliphatic carbocycles. The SMILES string of the molecule is CCC(=O)N1CC=C(c2cc3c(cc2F)N2C(=O)O[C@@H](CNC(C)=O)[C@@H]2CO3)CC1. The molecule has 2 atom stereocenters. The van der Waals surface area contributed by atoms with E-state index in [2.05, 4.69) is 5.32 Å². The van der Waals surface area contributed by atoms with E-state index in [-0.39, 0.29) is 25.0 Å². The normalized spacial score (nSPS) is 22.5. The molecule has 0 aromatic heterocycles. The van der Waals surface area contributed by atoms with Gasteiger partial charge in [0.15, 0.2) is 0 Å². The first kappa shape index (κ1) is 20.2. The van der Waals surface area contributed by atoms with Crippen LogP contribution in [0.25, 0.3) is 5.57 Å². The van der Waals surface area contributed by atoms with Gasteiger partial charge in [0.05, 0.1) is 12.2 Å². The first-order chi connectivity index (χ1) is 14.4. The van der Waals surface area contributed by atoms with E-state index in [0.717, 1.165) is 5.57 Å². The smallest absolute Gasteiger partial charge is 0.415 e. The second-order valence-corrected chi connectivity index (χ2v) is 7.58. The van der Waals surface area contributed by atoms with Crippen molar-refractivity contribution in [1.82, 2.24) is 10.2 Å². The Balaban J connectivity index is 1.57. The Kier molecular flexibility index (Phi) is 5.36. The minimum Gasteiger partial charge on any atom is -0.489 e. The fourth-order valence-corrected chi connectivity index (χ4v) is 4.08. The van der Waals surface area contributed by atoms with Gasteiger partial charge in [-0.25, -0.2) is 9.18 Å². The number of hydrogen-bond acceptors (Lipinski definition) is 5. The average Bonchev–Trinajstić information content (AvgIpc) is 3.07. The summed E-state index contributed by atoms with van der Waals surface area (Å²) in [4.78, 5) is 38.6. The highest BCUT2D eigenvalue weighted by Gasteiger charge is 2.46. The lowest BCUT2D eigenvalue weighted by Crippen LogP contribution is -2.47. The molecule has 160 valence electrons. The van der Waals surface area contributed by atoms with Crippen molar-refractivity contribution >= 4 is 29.2 Å². The number of hydrogen-bond donors (Lipinski definition) is 1. The van der Waals surface area contributed by atoms with E-state index in [1.165, 1.54) is 17.9 Å². The van der Waals surface area contributed by atoms with E-state index in [4.69, 9.17) is 9.47 Å². The fourth-order valence-electron chi connectivity index (χ4n) is 4.08. The van der Waals surface area contributed by atoms with Crippen LogP contribution in [0, 0.1) is 5.82 Å². The molecule has 30 heavy (non-hydrogen) atoms. The topological polar surface area (TPSA) is 88.2 Å². The van der Waals surface area contributed by atoms with E-state index in [1.807, 2.05) is 13.0 Å². The lowest BCUT2D eigenvalue weighted by atomic mass is 9.97. The minimum atomic E-state index is -0.586. The molecular weight excluding hydrogens is 393 g/mol. The maximum Gasteiger partial charge on any atom is 0.415 e. The second-order valence-electron chi connectivity index (χ2n) is 7.58. The Morgan fingerprint density at radius 1 is 1.33 bits per heavy atom. The van der Waals surface area contributed by atoms with Gasteiger partial charge in [-0.3, -0.25) is 14.5 Å². The molecule has 0 radical (unpaired) electrons. The van der Waals surface area contributed by atoms with Crippen LogP contribution in [-0.2, 0) is 14.3 Å². The Morgan fingerprint density at radius 3 is 2.80 bits per heavy atom. The standard InChI is InChI=1S/C21H24FN3O5/c1-3-20(27)24-6-4-13(5-7-24)14-8-18-16(9-15(14)22)25-17(11-29-18)19(30-21(25)28)10-23-12(2)26/h4,8-9,17,19H,3,5-7,10-11H2,1-2H3,(H,23,26)/t17-,19-/m0/s1. The van der Waals surface area contributed by atoms with E-state index in [1.54, 1.807) is 11.0 Å². The van der Waals surface area contributed by atoms with Gasteiger partial charge in [0.2, 0.25) is 11.8 Å². The molecule has 3 aliphatic heterocycles. The van der Waals surface area contributed by atoms with Crippen molar-refractivity contribution in [2.45, 2.75) is 38.8 Å². The zero-order valence-corrected chi connectivity index (χ0v) is 16.9. The van der Waals surface area contributed by atoms with Crippen molar-refractivity contribution in [2.75, 3.05) is 31.1 Å². The van der Waals surface area contributed by atoms with Crippen LogP contribution in [0.15, 0.2) is 18.2 Å². The van der Waals surface area contributed by atoms with Gasteiger partial charge in [0.1, 0.15) is 30.3 Å². The molecular formula is C21H24FN3O5. The van der Waals surface area contributed by atoms with Crippen molar-refractivity contribution in [3.63, 3.8) is 0 Å². The molecule has 9 heteroatoms. The van der Waals surface area contributed by atoms with Crippen LogP contribution in [0.1, 0.15) is 32.3 Å². The molecule has 1 aromatic carbocycles. The number of nitrogens with one attached hydrogen (secondary N) is 1. The molecule has 1 fully saturated rings. The summed E-state index contributed by atoms with van der Waals surface area (Å²) in [7, 11) is 0. The van der Waals surface area contributed by atoms with Crippen molar-refractivity contribution in [2.24, 2.45) is 0 Å². The highest BCUT2D eigenvalue weighted by Crippen LogP contribution is 2.42. The minimum absolute atomic E-state index is 0.0759. The predicted molar refractivity (Wildman–Crippen MR) is 107 cm³/mol. The number of carbonyl (C=O) groups is 3. The van der Waals surface area contributed by atoms with Gasteiger partial charge in [-0.05, 0) is 18.1 Å². The summed E-state index contributed by atoms with van der Waals surface area (Å²) in [6.07, 6.45) is 1.70. The number of carbonyl (C=O) groups excluding carboxylic acids is 3. The van der Waals surface area contributed by atoms with E-state index < -0.39 is 24.1 Å². The maximum absolute atomic E-state index is 15.0. The third-order valence-corrected chi connectivity index (χ3v) is 5.69. The molecule has 0 saturated carbocycles. The van der Waals surface area contributed by atoms with Gasteiger partial charge in [-0.15, -0.1) is 0 Å². The summed E-state index contributed by atoms with van der Waals surface area (Å²) in [5, 5.41) is 2.64. The second kappa shape index (κ2) is 7.97. The summed E-state index contributed by atoms with van der Waals surface area (Å²) < 4.78 is 26.2. The van der Waals surface area contributed by atoms with Crippen LogP contribution in [0.2, 0.25) is 0 Å². The molecule has 1 N–H and O–H groups in total. The molecule has 3 aliphatic rings. The zero-order valence-electron chi connectivity index (χ0n) is 16.9. The van der Waals surface area contributed by atoms with Gasteiger partial charge >= 0.3 is 6.09 Å². The third kappa shape index (κ3) is 3.59. The summed E-state index contributed by atoms with van der Waals surface area (Å²) >= 11 is 0. The molecule has 8 nitrogen and oxygen atoms in total. The van der Waals surface area contributed by atoms with Crippen LogP contribution in [0.4, 0.5) is 14.9 Å². The molecule has 0 unspecified atom stereocenters. The van der Waals surface area contributed by atoms with Crippen molar-refractivity contribution < 1.29 is 28.2 Å². The average molecular weight is 417 g/mol. The lowest BCUT2D eigenvalue weighted by molar-refractivity contribution is -0.130. The quantitative estimate of drug-likeness (QED) is 0.810. The van der Waals surface area contributed by atoms with E-state index in [9.17, 15) is 14.4 Å².